The van der Waals surface area contributed by atoms with E-state index in [1.807, 2.05) is 30.3 Å². The number of hydrogen-bond donors (Lipinski definition) is 2. The van der Waals surface area contributed by atoms with Crippen LogP contribution in [0.3, 0.4) is 0 Å². The number of nitrogens with zero attached hydrogens (tertiary/aromatic N) is 2. The molecule has 2 bridgehead atoms. The van der Waals surface area contributed by atoms with Gasteiger partial charge in [0.1, 0.15) is 18.3 Å². The Bertz CT molecular complexity index is 742. The largest absolute Gasteiger partial charge is 0.431 e. The van der Waals surface area contributed by atoms with Gasteiger partial charge in [-0.25, -0.2) is 10.0 Å². The molecule has 1 amide bonds. The molecule has 2 aromatic rings. The molecule has 1 aromatic carbocycles. The van der Waals surface area contributed by atoms with Crippen molar-refractivity contribution in [1.82, 2.24) is 10.0 Å². The first-order valence-corrected chi connectivity index (χ1v) is 7.45. The van der Waals surface area contributed by atoms with Gasteiger partial charge >= 0.3 is 5.91 Å². The van der Waals surface area contributed by atoms with E-state index >= 15 is 0 Å². The summed E-state index contributed by atoms with van der Waals surface area (Å²) in [4.78, 5) is 22.3. The van der Waals surface area contributed by atoms with Crippen LogP contribution in [0.4, 0.5) is 0 Å². The number of aromatic nitrogens is 1. The van der Waals surface area contributed by atoms with Gasteiger partial charge in [-0.3, -0.25) is 9.63 Å². The van der Waals surface area contributed by atoms with E-state index in [0.29, 0.717) is 18.0 Å². The van der Waals surface area contributed by atoms with E-state index < -0.39 is 30.3 Å². The zero-order valence-corrected chi connectivity index (χ0v) is 12.4. The Kier molecular flexibility index (Phi) is 3.22. The third kappa shape index (κ3) is 2.16. The fourth-order valence-electron chi connectivity index (χ4n) is 3.13. The zero-order valence-electron chi connectivity index (χ0n) is 12.4. The molecule has 7 heteroatoms. The van der Waals surface area contributed by atoms with E-state index in [9.17, 15) is 15.0 Å². The summed E-state index contributed by atoms with van der Waals surface area (Å²) < 4.78 is 5.62. The molecule has 1 aliphatic carbocycles. The number of aliphatic hydroxyl groups excluding tert-OH is 2. The van der Waals surface area contributed by atoms with Gasteiger partial charge in [0.05, 0.1) is 11.7 Å². The second-order valence-corrected chi connectivity index (χ2v) is 5.86. The van der Waals surface area contributed by atoms with E-state index in [-0.39, 0.29) is 5.76 Å². The predicted molar refractivity (Wildman–Crippen MR) is 78.1 cm³/mol. The highest BCUT2D eigenvalue weighted by Crippen LogP contribution is 2.37. The number of benzene rings is 1. The van der Waals surface area contributed by atoms with Gasteiger partial charge in [0.2, 0.25) is 11.7 Å². The quantitative estimate of drug-likeness (QED) is 0.854. The Morgan fingerprint density at radius 3 is 2.65 bits per heavy atom. The second-order valence-electron chi connectivity index (χ2n) is 5.86. The summed E-state index contributed by atoms with van der Waals surface area (Å²) in [5.41, 5.74) is 1.23. The van der Waals surface area contributed by atoms with Gasteiger partial charge in [-0.15, -0.1) is 0 Å². The van der Waals surface area contributed by atoms with Crippen molar-refractivity contribution in [2.75, 3.05) is 0 Å². The highest BCUT2D eigenvalue weighted by molar-refractivity contribution is 5.92. The number of amides is 1. The van der Waals surface area contributed by atoms with E-state index in [1.54, 1.807) is 6.92 Å². The average molecular weight is 316 g/mol. The monoisotopic (exact) mass is 316 g/mol. The fraction of sp³-hybridized carbons (Fsp3) is 0.375. The molecule has 23 heavy (non-hydrogen) atoms. The Morgan fingerprint density at radius 1 is 1.26 bits per heavy atom. The molecule has 1 saturated carbocycles. The first kappa shape index (κ1) is 14.4. The third-order valence-corrected chi connectivity index (χ3v) is 4.36. The van der Waals surface area contributed by atoms with E-state index in [0.717, 1.165) is 10.6 Å². The van der Waals surface area contributed by atoms with Crippen LogP contribution >= 0.6 is 0 Å². The summed E-state index contributed by atoms with van der Waals surface area (Å²) in [6.45, 7) is 1.68. The molecule has 0 unspecified atom stereocenters. The number of hydrogen-bond acceptors (Lipinski definition) is 6. The average Bonchev–Trinajstić information content (AvgIpc) is 3.23. The number of carbonyl (C=O) groups is 1. The maximum Gasteiger partial charge on any atom is 0.315 e. The van der Waals surface area contributed by atoms with Crippen LogP contribution in [0.25, 0.3) is 11.5 Å². The normalized spacial score (nSPS) is 29.3. The summed E-state index contributed by atoms with van der Waals surface area (Å²) in [6.07, 6.45) is -2.11. The van der Waals surface area contributed by atoms with Crippen LogP contribution in [0.2, 0.25) is 0 Å². The molecule has 2 N–H and O–H groups in total. The Balaban J connectivity index is 1.62. The van der Waals surface area contributed by atoms with Crippen molar-refractivity contribution in [1.29, 1.82) is 0 Å². The third-order valence-electron chi connectivity index (χ3n) is 4.36. The molecule has 4 rings (SSSR count). The Hall–Kier alpha value is -2.22. The molecule has 2 heterocycles. The SMILES string of the molecule is Cc1nc(-c2ccccc2)oc1C(=O)N1O[C@@H]2C[C@H]1[C@@H](O)[C@H]2O. The highest BCUT2D eigenvalue weighted by Gasteiger charge is 2.55. The molecule has 0 spiro atoms. The molecule has 2 aliphatic rings. The fourth-order valence-corrected chi connectivity index (χ4v) is 3.13. The number of fused-ring (bicyclic) bond motifs is 2. The molecule has 1 aromatic heterocycles. The molecule has 0 radical (unpaired) electrons. The molecular formula is C16H16N2O5. The van der Waals surface area contributed by atoms with Crippen LogP contribution in [-0.2, 0) is 4.84 Å². The number of aryl methyl sites for hydroxylation is 1. The van der Waals surface area contributed by atoms with Crippen LogP contribution in [-0.4, -0.2) is 50.5 Å². The zero-order chi connectivity index (χ0) is 16.1. The number of oxazole rings is 1. The second kappa shape index (κ2) is 5.16. The van der Waals surface area contributed by atoms with Crippen LogP contribution in [0.15, 0.2) is 34.7 Å². The van der Waals surface area contributed by atoms with E-state index in [2.05, 4.69) is 4.98 Å². The highest BCUT2D eigenvalue weighted by atomic mass is 16.7. The van der Waals surface area contributed by atoms with Gasteiger partial charge in [0, 0.05) is 12.0 Å². The molecule has 1 saturated heterocycles. The lowest BCUT2D eigenvalue weighted by Gasteiger charge is -2.31. The van der Waals surface area contributed by atoms with Crippen molar-refractivity contribution >= 4 is 5.91 Å². The van der Waals surface area contributed by atoms with Gasteiger partial charge in [-0.1, -0.05) is 18.2 Å². The molecule has 1 aliphatic heterocycles. The summed E-state index contributed by atoms with van der Waals surface area (Å²) in [7, 11) is 0. The van der Waals surface area contributed by atoms with Gasteiger partial charge < -0.3 is 14.6 Å². The molecule has 4 atom stereocenters. The van der Waals surface area contributed by atoms with Crippen LogP contribution < -0.4 is 0 Å². The maximum atomic E-state index is 12.6. The summed E-state index contributed by atoms with van der Waals surface area (Å²) in [6, 6.07) is 8.72. The van der Waals surface area contributed by atoms with Crippen molar-refractivity contribution in [3.05, 3.63) is 41.8 Å². The molecule has 2 fully saturated rings. The van der Waals surface area contributed by atoms with Gasteiger partial charge in [0.15, 0.2) is 0 Å². The number of aliphatic hydroxyl groups is 2. The number of hydroxylamine groups is 2. The predicted octanol–water partition coefficient (Wildman–Crippen LogP) is 0.900. The van der Waals surface area contributed by atoms with E-state index in [1.165, 1.54) is 0 Å². The topological polar surface area (TPSA) is 96.0 Å². The van der Waals surface area contributed by atoms with Crippen LogP contribution in [0.1, 0.15) is 22.7 Å². The molecular weight excluding hydrogens is 300 g/mol. The lowest BCUT2D eigenvalue weighted by molar-refractivity contribution is -0.216. The van der Waals surface area contributed by atoms with Crippen molar-refractivity contribution in [3.63, 3.8) is 0 Å². The minimum Gasteiger partial charge on any atom is -0.431 e. The molecule has 7 nitrogen and oxygen atoms in total. The summed E-state index contributed by atoms with van der Waals surface area (Å²) in [5.74, 6) is -0.0508. The van der Waals surface area contributed by atoms with Gasteiger partial charge in [-0.2, -0.15) is 0 Å². The summed E-state index contributed by atoms with van der Waals surface area (Å²) in [5, 5.41) is 20.8. The number of rotatable bonds is 2. The van der Waals surface area contributed by atoms with Crippen molar-refractivity contribution in [2.45, 2.75) is 37.7 Å². The Morgan fingerprint density at radius 2 is 2.00 bits per heavy atom. The lowest BCUT2D eigenvalue weighted by Crippen LogP contribution is -2.50. The van der Waals surface area contributed by atoms with Crippen LogP contribution in [0, 0.1) is 6.92 Å². The number of carbonyl (C=O) groups excluding carboxylic acids is 1. The Labute approximate surface area is 132 Å². The van der Waals surface area contributed by atoms with Gasteiger partial charge in [0.25, 0.3) is 0 Å². The standard InChI is InChI=1S/C16H16N2O5/c1-8-14(22-15(17-8)9-5-3-2-4-6-9)16(21)18-10-7-11(23-18)13(20)12(10)19/h2-6,10-13,19-20H,7H2,1H3/t10-,11+,12+,13-/m0/s1. The first-order valence-electron chi connectivity index (χ1n) is 7.45. The molecule has 120 valence electrons. The maximum absolute atomic E-state index is 12.6. The first-order chi connectivity index (χ1) is 11.1. The smallest absolute Gasteiger partial charge is 0.315 e. The lowest BCUT2D eigenvalue weighted by atomic mass is 10.2. The minimum absolute atomic E-state index is 0.0816. The van der Waals surface area contributed by atoms with Crippen molar-refractivity contribution < 1.29 is 24.3 Å². The summed E-state index contributed by atoms with van der Waals surface area (Å²) >= 11 is 0. The van der Waals surface area contributed by atoms with Crippen molar-refractivity contribution in [2.24, 2.45) is 0 Å². The minimum atomic E-state index is -1.01. The van der Waals surface area contributed by atoms with Crippen molar-refractivity contribution in [3.8, 4) is 11.5 Å². The van der Waals surface area contributed by atoms with Crippen LogP contribution in [0.5, 0.6) is 0 Å². The van der Waals surface area contributed by atoms with E-state index in [4.69, 9.17) is 9.25 Å². The van der Waals surface area contributed by atoms with Gasteiger partial charge in [-0.05, 0) is 19.1 Å².